The molecular weight excluding hydrogens is 390 g/mol. The van der Waals surface area contributed by atoms with Gasteiger partial charge in [0.25, 0.3) is 5.91 Å². The fourth-order valence-corrected chi connectivity index (χ4v) is 4.46. The van der Waals surface area contributed by atoms with E-state index in [1.165, 1.54) is 4.90 Å². The van der Waals surface area contributed by atoms with Gasteiger partial charge in [0.2, 0.25) is 5.78 Å². The summed E-state index contributed by atoms with van der Waals surface area (Å²) in [6, 6.07) is 15.1. The first-order valence-electron chi connectivity index (χ1n) is 10.9. The number of aromatic nitrogens is 1. The van der Waals surface area contributed by atoms with Crippen LogP contribution in [-0.2, 0) is 6.54 Å². The molecule has 1 fully saturated rings. The standard InChI is InChI=1S/C25H29N3O3/c1-18-16-23(19(2)28(18)17-22-10-7-15-31-22)24(29)20(3)26-11-13-27(14-12-26)25(30)21-8-5-4-6-9-21/h4-10,15-16,20H,11-14,17H2,1-3H3/p+1/t20-/m0/s1. The van der Waals surface area contributed by atoms with Gasteiger partial charge in [0.15, 0.2) is 0 Å². The molecule has 1 aliphatic heterocycles. The van der Waals surface area contributed by atoms with Crippen LogP contribution in [0.15, 0.2) is 59.2 Å². The Labute approximate surface area is 183 Å². The van der Waals surface area contributed by atoms with Gasteiger partial charge in [-0.15, -0.1) is 0 Å². The molecule has 4 rings (SSSR count). The van der Waals surface area contributed by atoms with Crippen molar-refractivity contribution in [2.75, 3.05) is 26.2 Å². The van der Waals surface area contributed by atoms with Crippen LogP contribution in [0.4, 0.5) is 0 Å². The molecule has 1 saturated heterocycles. The number of piperazine rings is 1. The Kier molecular flexibility index (Phi) is 6.09. The van der Waals surface area contributed by atoms with Gasteiger partial charge in [0, 0.05) is 22.5 Å². The molecule has 2 aromatic heterocycles. The lowest BCUT2D eigenvalue weighted by molar-refractivity contribution is -0.917. The van der Waals surface area contributed by atoms with E-state index in [4.69, 9.17) is 4.42 Å². The van der Waals surface area contributed by atoms with Crippen molar-refractivity contribution in [2.24, 2.45) is 0 Å². The minimum atomic E-state index is -0.147. The number of aryl methyl sites for hydroxylation is 1. The first kappa shape index (κ1) is 21.1. The molecule has 0 unspecified atom stereocenters. The number of furan rings is 1. The van der Waals surface area contributed by atoms with Gasteiger partial charge in [-0.05, 0) is 51.1 Å². The summed E-state index contributed by atoms with van der Waals surface area (Å²) in [6.07, 6.45) is 1.67. The highest BCUT2D eigenvalue weighted by Crippen LogP contribution is 2.19. The van der Waals surface area contributed by atoms with E-state index >= 15 is 0 Å². The number of quaternary nitrogens is 1. The number of hydrogen-bond donors (Lipinski definition) is 1. The van der Waals surface area contributed by atoms with Crippen LogP contribution in [0.1, 0.15) is 44.8 Å². The number of ketones is 1. The second-order valence-electron chi connectivity index (χ2n) is 8.35. The normalized spacial score (nSPS) is 15.8. The zero-order valence-corrected chi connectivity index (χ0v) is 18.4. The topological polar surface area (TPSA) is 59.9 Å². The highest BCUT2D eigenvalue weighted by atomic mass is 16.3. The summed E-state index contributed by atoms with van der Waals surface area (Å²) >= 11 is 0. The molecule has 3 aromatic rings. The second kappa shape index (κ2) is 8.94. The quantitative estimate of drug-likeness (QED) is 0.623. The molecule has 6 nitrogen and oxygen atoms in total. The van der Waals surface area contributed by atoms with Gasteiger partial charge in [-0.25, -0.2) is 0 Å². The van der Waals surface area contributed by atoms with Gasteiger partial charge in [-0.2, -0.15) is 0 Å². The molecular formula is C25H30N3O3+. The van der Waals surface area contributed by atoms with Gasteiger partial charge in [-0.1, -0.05) is 18.2 Å². The van der Waals surface area contributed by atoms with Gasteiger partial charge in [-0.3, -0.25) is 9.59 Å². The summed E-state index contributed by atoms with van der Waals surface area (Å²) in [4.78, 5) is 29.1. The van der Waals surface area contributed by atoms with E-state index in [2.05, 4.69) is 4.57 Å². The van der Waals surface area contributed by atoms with Crippen LogP contribution in [0.5, 0.6) is 0 Å². The van der Waals surface area contributed by atoms with Crippen molar-refractivity contribution in [3.05, 3.63) is 83.1 Å². The Morgan fingerprint density at radius 3 is 2.42 bits per heavy atom. The van der Waals surface area contributed by atoms with Crippen LogP contribution in [-0.4, -0.2) is 53.4 Å². The molecule has 1 atom stereocenters. The lowest BCUT2D eigenvalue weighted by atomic mass is 10.0. The monoisotopic (exact) mass is 420 g/mol. The van der Waals surface area contributed by atoms with E-state index in [0.717, 1.165) is 41.4 Å². The van der Waals surface area contributed by atoms with Crippen molar-refractivity contribution in [3.8, 4) is 0 Å². The van der Waals surface area contributed by atoms with E-state index in [9.17, 15) is 9.59 Å². The predicted molar refractivity (Wildman–Crippen MR) is 119 cm³/mol. The van der Waals surface area contributed by atoms with E-state index in [-0.39, 0.29) is 17.7 Å². The Morgan fingerprint density at radius 2 is 1.77 bits per heavy atom. The van der Waals surface area contributed by atoms with Crippen molar-refractivity contribution in [3.63, 3.8) is 0 Å². The third-order valence-corrected chi connectivity index (χ3v) is 6.45. The maximum atomic E-state index is 13.3. The molecule has 0 aliphatic carbocycles. The van der Waals surface area contributed by atoms with Crippen molar-refractivity contribution in [2.45, 2.75) is 33.4 Å². The highest BCUT2D eigenvalue weighted by molar-refractivity contribution is 6.00. The Balaban J connectivity index is 1.41. The van der Waals surface area contributed by atoms with Crippen LogP contribution in [0, 0.1) is 13.8 Å². The average Bonchev–Trinajstić information content (AvgIpc) is 3.42. The average molecular weight is 421 g/mol. The van der Waals surface area contributed by atoms with Crippen LogP contribution in [0.3, 0.4) is 0 Å². The highest BCUT2D eigenvalue weighted by Gasteiger charge is 2.33. The van der Waals surface area contributed by atoms with Crippen LogP contribution >= 0.6 is 0 Å². The smallest absolute Gasteiger partial charge is 0.254 e. The minimum Gasteiger partial charge on any atom is -0.467 e. The van der Waals surface area contributed by atoms with Crippen LogP contribution in [0.2, 0.25) is 0 Å². The Morgan fingerprint density at radius 1 is 1.06 bits per heavy atom. The molecule has 1 amide bonds. The number of carbonyl (C=O) groups is 2. The molecule has 3 heterocycles. The number of hydrogen-bond acceptors (Lipinski definition) is 3. The Hall–Kier alpha value is -3.12. The Bertz CT molecular complexity index is 1050. The van der Waals surface area contributed by atoms with E-state index in [0.29, 0.717) is 19.6 Å². The lowest BCUT2D eigenvalue weighted by Gasteiger charge is -2.35. The molecule has 0 radical (unpaired) electrons. The maximum absolute atomic E-state index is 13.3. The zero-order chi connectivity index (χ0) is 22.0. The number of benzene rings is 1. The fourth-order valence-electron chi connectivity index (χ4n) is 4.46. The summed E-state index contributed by atoms with van der Waals surface area (Å²) in [5, 5.41) is 0. The molecule has 0 spiro atoms. The summed E-state index contributed by atoms with van der Waals surface area (Å²) < 4.78 is 7.61. The first-order valence-corrected chi connectivity index (χ1v) is 10.9. The number of carbonyl (C=O) groups excluding carboxylic acids is 2. The van der Waals surface area contributed by atoms with Crippen LogP contribution < -0.4 is 4.90 Å². The fraction of sp³-hybridized carbons (Fsp3) is 0.360. The number of Topliss-reactive ketones (excluding diaryl/α,β-unsaturated/α-hetero) is 1. The molecule has 0 saturated carbocycles. The third-order valence-electron chi connectivity index (χ3n) is 6.45. The van der Waals surface area contributed by atoms with Gasteiger partial charge in [0.05, 0.1) is 39.0 Å². The predicted octanol–water partition coefficient (Wildman–Crippen LogP) is 2.36. The van der Waals surface area contributed by atoms with E-state index in [1.807, 2.05) is 74.2 Å². The van der Waals surface area contributed by atoms with E-state index in [1.54, 1.807) is 6.26 Å². The summed E-state index contributed by atoms with van der Waals surface area (Å²) in [5.74, 6) is 1.11. The number of nitrogens with zero attached hydrogens (tertiary/aromatic N) is 2. The second-order valence-corrected chi connectivity index (χ2v) is 8.35. The summed E-state index contributed by atoms with van der Waals surface area (Å²) in [6.45, 7) is 9.54. The van der Waals surface area contributed by atoms with Crippen molar-refractivity contribution in [1.82, 2.24) is 9.47 Å². The summed E-state index contributed by atoms with van der Waals surface area (Å²) in [7, 11) is 0. The largest absolute Gasteiger partial charge is 0.467 e. The summed E-state index contributed by atoms with van der Waals surface area (Å²) in [5.41, 5.74) is 3.53. The molecule has 162 valence electrons. The zero-order valence-electron chi connectivity index (χ0n) is 18.4. The lowest BCUT2D eigenvalue weighted by Crippen LogP contribution is -3.18. The van der Waals surface area contributed by atoms with Gasteiger partial charge < -0.3 is 18.8 Å². The SMILES string of the molecule is Cc1cc(C(=O)[C@H](C)[NH+]2CCN(C(=O)c3ccccc3)CC2)c(C)n1Cc1ccco1. The van der Waals surface area contributed by atoms with Gasteiger partial charge >= 0.3 is 0 Å². The molecule has 31 heavy (non-hydrogen) atoms. The molecule has 1 aliphatic rings. The minimum absolute atomic E-state index is 0.0695. The van der Waals surface area contributed by atoms with Crippen molar-refractivity contribution >= 4 is 11.7 Å². The number of amides is 1. The maximum Gasteiger partial charge on any atom is 0.254 e. The van der Waals surface area contributed by atoms with Crippen molar-refractivity contribution < 1.29 is 18.9 Å². The van der Waals surface area contributed by atoms with E-state index < -0.39 is 0 Å². The first-order chi connectivity index (χ1) is 15.0. The third kappa shape index (κ3) is 4.35. The van der Waals surface area contributed by atoms with Crippen LogP contribution in [0.25, 0.3) is 0 Å². The molecule has 1 aromatic carbocycles. The van der Waals surface area contributed by atoms with Gasteiger partial charge in [0.1, 0.15) is 11.8 Å². The molecule has 0 bridgehead atoms. The number of nitrogens with one attached hydrogen (secondary N) is 1. The number of rotatable bonds is 6. The van der Waals surface area contributed by atoms with Crippen molar-refractivity contribution in [1.29, 1.82) is 0 Å². The molecule has 1 N–H and O–H groups in total. The molecule has 6 heteroatoms.